The molecule has 0 bridgehead atoms. The van der Waals surface area contributed by atoms with E-state index in [1.165, 1.54) is 6.20 Å². The number of carbonyl (C=O) groups is 2. The Morgan fingerprint density at radius 2 is 1.88 bits per heavy atom. The number of aliphatic carboxylic acids is 1. The van der Waals surface area contributed by atoms with E-state index < -0.39 is 23.6 Å². The monoisotopic (exact) mass is 493 g/mol. The number of halogens is 4. The predicted octanol–water partition coefficient (Wildman–Crippen LogP) is 5.38. The molecule has 1 fully saturated rings. The number of rotatable bonds is 6. The van der Waals surface area contributed by atoms with Gasteiger partial charge in [0, 0.05) is 24.3 Å². The number of alkyl halides is 3. The average molecular weight is 494 g/mol. The first-order valence-electron chi connectivity index (χ1n) is 10.9. The third kappa shape index (κ3) is 5.35. The van der Waals surface area contributed by atoms with Crippen LogP contribution in [-0.4, -0.2) is 33.1 Å². The van der Waals surface area contributed by atoms with Crippen molar-refractivity contribution in [1.82, 2.24) is 14.9 Å². The number of carboxylic acid groups (broad SMARTS) is 1. The Morgan fingerprint density at radius 3 is 2.50 bits per heavy atom. The molecule has 2 aromatic heterocycles. The van der Waals surface area contributed by atoms with E-state index in [2.05, 4.69) is 10.3 Å². The van der Waals surface area contributed by atoms with Crippen molar-refractivity contribution in [2.24, 2.45) is 11.8 Å². The minimum atomic E-state index is -4.60. The van der Waals surface area contributed by atoms with Crippen molar-refractivity contribution >= 4 is 34.4 Å². The van der Waals surface area contributed by atoms with Crippen LogP contribution < -0.4 is 5.32 Å². The van der Waals surface area contributed by atoms with Crippen LogP contribution in [0.25, 0.3) is 10.9 Å². The van der Waals surface area contributed by atoms with E-state index in [9.17, 15) is 22.8 Å². The molecule has 34 heavy (non-hydrogen) atoms. The molecule has 4 rings (SSSR count). The van der Waals surface area contributed by atoms with Gasteiger partial charge in [-0.1, -0.05) is 11.6 Å². The largest absolute Gasteiger partial charge is 0.481 e. The Morgan fingerprint density at radius 1 is 1.15 bits per heavy atom. The number of carbonyl (C=O) groups excluding carboxylic acids is 1. The molecule has 2 N–H and O–H groups in total. The van der Waals surface area contributed by atoms with E-state index in [0.717, 1.165) is 12.1 Å². The standard InChI is InChI=1S/C24H23ClF3N3O3/c25-18-5-6-19(29-12-18)13-31-8-7-16-9-17(24(26,27)28)10-20(21(16)31)22(32)30-11-14-1-3-15(4-2-14)23(33)34/h5-10,12,14-15H,1-4,11,13H2,(H,30,32)(H,33,34). The smallest absolute Gasteiger partial charge is 0.416 e. The van der Waals surface area contributed by atoms with Gasteiger partial charge in [-0.25, -0.2) is 0 Å². The maximum Gasteiger partial charge on any atom is 0.416 e. The number of hydrogen-bond donors (Lipinski definition) is 2. The molecule has 180 valence electrons. The van der Waals surface area contributed by atoms with Gasteiger partial charge < -0.3 is 15.0 Å². The van der Waals surface area contributed by atoms with Gasteiger partial charge in [-0.2, -0.15) is 13.2 Å². The quantitative estimate of drug-likeness (QED) is 0.483. The summed E-state index contributed by atoms with van der Waals surface area (Å²) in [5.74, 6) is -1.70. The first kappa shape index (κ1) is 24.1. The fourth-order valence-electron chi connectivity index (χ4n) is 4.44. The highest BCUT2D eigenvalue weighted by Crippen LogP contribution is 2.34. The lowest BCUT2D eigenvalue weighted by molar-refractivity contribution is -0.143. The summed E-state index contributed by atoms with van der Waals surface area (Å²) >= 11 is 5.88. The van der Waals surface area contributed by atoms with Crippen LogP contribution in [0, 0.1) is 11.8 Å². The molecule has 1 saturated carbocycles. The maximum atomic E-state index is 13.5. The number of nitrogens with one attached hydrogen (secondary N) is 1. The van der Waals surface area contributed by atoms with Crippen molar-refractivity contribution < 1.29 is 27.9 Å². The first-order chi connectivity index (χ1) is 16.1. The highest BCUT2D eigenvalue weighted by Gasteiger charge is 2.33. The molecular formula is C24H23ClF3N3O3. The van der Waals surface area contributed by atoms with Crippen molar-refractivity contribution in [3.63, 3.8) is 0 Å². The molecule has 3 aromatic rings. The maximum absolute atomic E-state index is 13.5. The van der Waals surface area contributed by atoms with Gasteiger partial charge >= 0.3 is 12.1 Å². The van der Waals surface area contributed by atoms with E-state index in [-0.39, 0.29) is 30.5 Å². The second kappa shape index (κ2) is 9.66. The van der Waals surface area contributed by atoms with E-state index >= 15 is 0 Å². The molecule has 10 heteroatoms. The van der Waals surface area contributed by atoms with Gasteiger partial charge in [-0.3, -0.25) is 14.6 Å². The lowest BCUT2D eigenvalue weighted by atomic mass is 9.82. The molecule has 0 aliphatic heterocycles. The molecular weight excluding hydrogens is 471 g/mol. The molecule has 0 spiro atoms. The fraction of sp³-hybridized carbons (Fsp3) is 0.375. The third-order valence-electron chi connectivity index (χ3n) is 6.30. The van der Waals surface area contributed by atoms with Gasteiger partial charge in [0.05, 0.1) is 39.8 Å². The van der Waals surface area contributed by atoms with Crippen LogP contribution >= 0.6 is 11.6 Å². The van der Waals surface area contributed by atoms with Gasteiger partial charge in [0.1, 0.15) is 0 Å². The van der Waals surface area contributed by atoms with Gasteiger partial charge in [0.25, 0.3) is 5.91 Å². The van der Waals surface area contributed by atoms with Gasteiger partial charge in [-0.05, 0) is 61.9 Å². The van der Waals surface area contributed by atoms with E-state index in [1.54, 1.807) is 29.0 Å². The molecule has 1 amide bonds. The molecule has 0 saturated heterocycles. The van der Waals surface area contributed by atoms with Crippen LogP contribution in [0.15, 0.2) is 42.7 Å². The molecule has 1 aliphatic carbocycles. The molecule has 1 aliphatic rings. The van der Waals surface area contributed by atoms with Gasteiger partial charge in [-0.15, -0.1) is 0 Å². The Labute approximate surface area is 198 Å². The number of nitrogens with zero attached hydrogens (tertiary/aromatic N) is 2. The van der Waals surface area contributed by atoms with Gasteiger partial charge in [0.15, 0.2) is 0 Å². The highest BCUT2D eigenvalue weighted by molar-refractivity contribution is 6.30. The normalized spacial score (nSPS) is 18.7. The number of amides is 1. The molecule has 0 unspecified atom stereocenters. The summed E-state index contributed by atoms with van der Waals surface area (Å²) in [6.45, 7) is 0.536. The van der Waals surface area contributed by atoms with E-state index in [0.29, 0.717) is 47.3 Å². The van der Waals surface area contributed by atoms with Crippen molar-refractivity contribution in [3.05, 3.63) is 64.6 Å². The summed E-state index contributed by atoms with van der Waals surface area (Å²) in [5, 5.41) is 12.7. The number of pyridine rings is 1. The number of benzene rings is 1. The van der Waals surface area contributed by atoms with Crippen LogP contribution in [-0.2, 0) is 17.5 Å². The first-order valence-corrected chi connectivity index (χ1v) is 11.3. The summed E-state index contributed by atoms with van der Waals surface area (Å²) in [5.41, 5.74) is 0.0673. The average Bonchev–Trinajstić information content (AvgIpc) is 3.21. The molecule has 2 heterocycles. The summed E-state index contributed by atoms with van der Waals surface area (Å²) in [6, 6.07) is 6.84. The van der Waals surface area contributed by atoms with E-state index in [4.69, 9.17) is 16.7 Å². The topological polar surface area (TPSA) is 84.2 Å². The van der Waals surface area contributed by atoms with Gasteiger partial charge in [0.2, 0.25) is 0 Å². The Balaban J connectivity index is 1.59. The van der Waals surface area contributed by atoms with Crippen LogP contribution in [0.5, 0.6) is 0 Å². The number of aromatic nitrogens is 2. The third-order valence-corrected chi connectivity index (χ3v) is 6.52. The van der Waals surface area contributed by atoms with E-state index in [1.807, 2.05) is 0 Å². The summed E-state index contributed by atoms with van der Waals surface area (Å²) in [6.07, 6.45) is 0.864. The van der Waals surface area contributed by atoms with Crippen LogP contribution in [0.3, 0.4) is 0 Å². The molecule has 6 nitrogen and oxygen atoms in total. The van der Waals surface area contributed by atoms with Crippen LogP contribution in [0.1, 0.15) is 47.3 Å². The summed E-state index contributed by atoms with van der Waals surface area (Å²) < 4.78 is 42.3. The number of fused-ring (bicyclic) bond motifs is 1. The zero-order chi connectivity index (χ0) is 24.5. The zero-order valence-electron chi connectivity index (χ0n) is 18.1. The predicted molar refractivity (Wildman–Crippen MR) is 121 cm³/mol. The highest BCUT2D eigenvalue weighted by atomic mass is 35.5. The molecule has 0 atom stereocenters. The minimum Gasteiger partial charge on any atom is -0.481 e. The van der Waals surface area contributed by atoms with Crippen LogP contribution in [0.2, 0.25) is 5.02 Å². The Bertz CT molecular complexity index is 1200. The van der Waals surface area contributed by atoms with Crippen molar-refractivity contribution in [1.29, 1.82) is 0 Å². The SMILES string of the molecule is O=C(NCC1CCC(C(=O)O)CC1)c1cc(C(F)(F)F)cc2ccn(Cc3ccc(Cl)cn3)c12. The molecule has 1 aromatic carbocycles. The summed E-state index contributed by atoms with van der Waals surface area (Å²) in [7, 11) is 0. The van der Waals surface area contributed by atoms with Crippen molar-refractivity contribution in [2.45, 2.75) is 38.4 Å². The van der Waals surface area contributed by atoms with Crippen molar-refractivity contribution in [3.8, 4) is 0 Å². The zero-order valence-corrected chi connectivity index (χ0v) is 18.9. The fourth-order valence-corrected chi connectivity index (χ4v) is 4.55. The Hall–Kier alpha value is -3.07. The number of hydrogen-bond acceptors (Lipinski definition) is 3. The molecule has 0 radical (unpaired) electrons. The lowest BCUT2D eigenvalue weighted by Gasteiger charge is -2.26. The van der Waals surface area contributed by atoms with Crippen molar-refractivity contribution in [2.75, 3.05) is 6.54 Å². The lowest BCUT2D eigenvalue weighted by Crippen LogP contribution is -2.32. The second-order valence-corrected chi connectivity index (χ2v) is 9.07. The summed E-state index contributed by atoms with van der Waals surface area (Å²) in [4.78, 5) is 28.4. The number of carboxylic acids is 1. The Kier molecular flexibility index (Phi) is 6.84. The van der Waals surface area contributed by atoms with Crippen LogP contribution in [0.4, 0.5) is 13.2 Å². The minimum absolute atomic E-state index is 0.0667. The second-order valence-electron chi connectivity index (χ2n) is 8.64.